The average Bonchev–Trinajstić information content (AvgIpc) is 3.44. The van der Waals surface area contributed by atoms with Crippen molar-refractivity contribution in [2.24, 2.45) is 5.41 Å². The van der Waals surface area contributed by atoms with Crippen LogP contribution in [-0.2, 0) is 15.8 Å². The molecule has 3 saturated carbocycles. The molecular formula is C34H44FN3O4. The van der Waals surface area contributed by atoms with Crippen LogP contribution in [-0.4, -0.2) is 34.5 Å². The number of hydrogen-bond acceptors (Lipinski definition) is 6. The predicted octanol–water partition coefficient (Wildman–Crippen LogP) is 8.76. The predicted molar refractivity (Wildman–Crippen MR) is 161 cm³/mol. The van der Waals surface area contributed by atoms with Crippen molar-refractivity contribution in [2.45, 2.75) is 110 Å². The second kappa shape index (κ2) is 11.0. The molecule has 1 amide bonds. The largest absolute Gasteiger partial charge is 0.491 e. The molecule has 1 aromatic heterocycles. The Morgan fingerprint density at radius 3 is 2.17 bits per heavy atom. The van der Waals surface area contributed by atoms with E-state index in [0.717, 1.165) is 61.1 Å². The van der Waals surface area contributed by atoms with Gasteiger partial charge in [-0.05, 0) is 128 Å². The highest BCUT2D eigenvalue weighted by Gasteiger charge is 2.53. The van der Waals surface area contributed by atoms with Crippen LogP contribution in [0.4, 0.5) is 14.9 Å². The van der Waals surface area contributed by atoms with E-state index in [1.807, 2.05) is 75.9 Å². The normalized spacial score (nSPS) is 22.3. The van der Waals surface area contributed by atoms with Gasteiger partial charge in [0, 0.05) is 17.6 Å². The molecule has 6 rings (SSSR count). The van der Waals surface area contributed by atoms with Crippen LogP contribution in [0.15, 0.2) is 53.1 Å². The number of rotatable bonds is 8. The molecule has 42 heavy (non-hydrogen) atoms. The minimum atomic E-state index is -1.67. The molecule has 0 saturated heterocycles. The van der Waals surface area contributed by atoms with E-state index in [1.165, 1.54) is 13.8 Å². The Balaban J connectivity index is 1.38. The first kappa shape index (κ1) is 30.1. The zero-order valence-corrected chi connectivity index (χ0v) is 26.0. The number of amides is 1. The van der Waals surface area contributed by atoms with Crippen LogP contribution in [0.1, 0.15) is 98.7 Å². The molecule has 7 nitrogen and oxygen atoms in total. The minimum absolute atomic E-state index is 0.0346. The van der Waals surface area contributed by atoms with Crippen molar-refractivity contribution in [1.29, 1.82) is 0 Å². The molecule has 0 unspecified atom stereocenters. The Bertz CT molecular complexity index is 1380. The number of alkyl halides is 1. The Morgan fingerprint density at radius 2 is 1.62 bits per heavy atom. The maximum atomic E-state index is 14.4. The second-order valence-electron chi connectivity index (χ2n) is 14.0. The number of anilines is 1. The molecule has 0 atom stereocenters. The van der Waals surface area contributed by atoms with E-state index in [2.05, 4.69) is 22.3 Å². The van der Waals surface area contributed by atoms with Gasteiger partial charge in [-0.1, -0.05) is 29.4 Å². The van der Waals surface area contributed by atoms with Gasteiger partial charge >= 0.3 is 6.09 Å². The zero-order chi connectivity index (χ0) is 30.3. The lowest BCUT2D eigenvalue weighted by molar-refractivity contribution is 0.0305. The lowest BCUT2D eigenvalue weighted by Gasteiger charge is -2.53. The molecule has 0 aliphatic heterocycles. The summed E-state index contributed by atoms with van der Waals surface area (Å²) in [4.78, 5) is 20.0. The lowest BCUT2D eigenvalue weighted by Crippen LogP contribution is -2.51. The van der Waals surface area contributed by atoms with Gasteiger partial charge in [-0.3, -0.25) is 4.90 Å². The summed E-state index contributed by atoms with van der Waals surface area (Å²) in [5.74, 6) is 1.49. The van der Waals surface area contributed by atoms with E-state index < -0.39 is 11.3 Å². The molecule has 1 heterocycles. The van der Waals surface area contributed by atoms with Crippen LogP contribution in [0.5, 0.6) is 5.75 Å². The van der Waals surface area contributed by atoms with Gasteiger partial charge in [0.2, 0.25) is 0 Å². The summed E-state index contributed by atoms with van der Waals surface area (Å²) in [7, 11) is 0. The SMILES string of the molecule is CC(C)Oc1ccc(-c2cccc(N(CC34CCC(c5noc(C(C)(C)F)n5)(CC3)CC4)C(=O)OC(C)(C)C)c2)cc1. The van der Waals surface area contributed by atoms with E-state index in [-0.39, 0.29) is 28.9 Å². The zero-order valence-electron chi connectivity index (χ0n) is 26.0. The molecule has 0 spiro atoms. The van der Waals surface area contributed by atoms with Crippen LogP contribution in [0.2, 0.25) is 0 Å². The van der Waals surface area contributed by atoms with Crippen LogP contribution in [0.3, 0.4) is 0 Å². The van der Waals surface area contributed by atoms with Crippen LogP contribution in [0.25, 0.3) is 11.1 Å². The third-order valence-electron chi connectivity index (χ3n) is 8.64. The van der Waals surface area contributed by atoms with Gasteiger partial charge in [0.1, 0.15) is 11.4 Å². The molecule has 3 fully saturated rings. The van der Waals surface area contributed by atoms with Crippen molar-refractivity contribution in [2.75, 3.05) is 11.4 Å². The fourth-order valence-electron chi connectivity index (χ4n) is 6.28. The summed E-state index contributed by atoms with van der Waals surface area (Å²) in [6.45, 7) is 13.1. The monoisotopic (exact) mass is 577 g/mol. The van der Waals surface area contributed by atoms with E-state index in [0.29, 0.717) is 12.4 Å². The number of fused-ring (bicyclic) bond motifs is 3. The van der Waals surface area contributed by atoms with Crippen molar-refractivity contribution in [3.63, 3.8) is 0 Å². The minimum Gasteiger partial charge on any atom is -0.491 e. The van der Waals surface area contributed by atoms with Crippen molar-refractivity contribution >= 4 is 11.8 Å². The first-order valence-electron chi connectivity index (χ1n) is 15.1. The highest BCUT2D eigenvalue weighted by molar-refractivity contribution is 5.89. The maximum Gasteiger partial charge on any atom is 0.414 e. The third-order valence-corrected chi connectivity index (χ3v) is 8.64. The first-order chi connectivity index (χ1) is 19.7. The quantitative estimate of drug-likeness (QED) is 0.266. The van der Waals surface area contributed by atoms with Gasteiger partial charge in [0.25, 0.3) is 5.89 Å². The average molecular weight is 578 g/mol. The Morgan fingerprint density at radius 1 is 0.976 bits per heavy atom. The maximum absolute atomic E-state index is 14.4. The van der Waals surface area contributed by atoms with Gasteiger partial charge in [-0.15, -0.1) is 0 Å². The fraction of sp³-hybridized carbons (Fsp3) is 0.559. The van der Waals surface area contributed by atoms with E-state index in [9.17, 15) is 9.18 Å². The number of benzene rings is 2. The second-order valence-corrected chi connectivity index (χ2v) is 14.0. The lowest BCUT2D eigenvalue weighted by atomic mass is 9.53. The number of hydrogen-bond donors (Lipinski definition) is 0. The Hall–Kier alpha value is -3.42. The summed E-state index contributed by atoms with van der Waals surface area (Å²) in [6, 6.07) is 16.1. The summed E-state index contributed by atoms with van der Waals surface area (Å²) >= 11 is 0. The van der Waals surface area contributed by atoms with Crippen molar-refractivity contribution < 1.29 is 23.2 Å². The highest BCUT2D eigenvalue weighted by atomic mass is 19.1. The van der Waals surface area contributed by atoms with Gasteiger partial charge in [-0.2, -0.15) is 4.98 Å². The van der Waals surface area contributed by atoms with E-state index in [1.54, 1.807) is 0 Å². The van der Waals surface area contributed by atoms with Gasteiger partial charge in [0.05, 0.1) is 6.10 Å². The summed E-state index contributed by atoms with van der Waals surface area (Å²) < 4.78 is 31.5. The van der Waals surface area contributed by atoms with Crippen LogP contribution in [0, 0.1) is 5.41 Å². The summed E-state index contributed by atoms with van der Waals surface area (Å²) in [5, 5.41) is 4.21. The number of nitrogens with zero attached hydrogens (tertiary/aromatic N) is 3. The summed E-state index contributed by atoms with van der Waals surface area (Å²) in [6.07, 6.45) is 5.18. The van der Waals surface area contributed by atoms with Crippen LogP contribution >= 0.6 is 0 Å². The number of aromatic nitrogens is 2. The Kier molecular flexibility index (Phi) is 7.88. The molecule has 3 aliphatic carbocycles. The Labute approximate surface area is 248 Å². The van der Waals surface area contributed by atoms with E-state index >= 15 is 0 Å². The summed E-state index contributed by atoms with van der Waals surface area (Å²) in [5.41, 5.74) is 0.352. The van der Waals surface area contributed by atoms with Crippen molar-refractivity contribution in [3.05, 3.63) is 60.2 Å². The molecule has 3 aromatic rings. The molecule has 0 radical (unpaired) electrons. The van der Waals surface area contributed by atoms with E-state index in [4.69, 9.17) is 14.0 Å². The molecule has 0 N–H and O–H groups in total. The highest BCUT2D eigenvalue weighted by Crippen LogP contribution is 2.57. The third kappa shape index (κ3) is 6.47. The van der Waals surface area contributed by atoms with Gasteiger partial charge in [-0.25, -0.2) is 9.18 Å². The van der Waals surface area contributed by atoms with Crippen molar-refractivity contribution in [1.82, 2.24) is 10.1 Å². The number of carbonyl (C=O) groups is 1. The van der Waals surface area contributed by atoms with Crippen LogP contribution < -0.4 is 9.64 Å². The molecule has 2 bridgehead atoms. The number of halogens is 1. The molecule has 3 aliphatic rings. The molecular weight excluding hydrogens is 533 g/mol. The standard InChI is InChI=1S/C34H44FN3O4/c1-23(2)40-27-13-11-24(12-14-27)25-9-8-10-26(21-25)38(30(39)41-31(3,4)5)22-33-15-18-34(19-16-33,20-17-33)28-36-29(42-37-28)32(6,7)35/h8-14,21,23H,15-20,22H2,1-7H3. The molecule has 2 aromatic carbocycles. The topological polar surface area (TPSA) is 77.7 Å². The van der Waals surface area contributed by atoms with Gasteiger partial charge in [0.15, 0.2) is 11.5 Å². The smallest absolute Gasteiger partial charge is 0.414 e. The fourth-order valence-corrected chi connectivity index (χ4v) is 6.28. The van der Waals surface area contributed by atoms with Crippen molar-refractivity contribution in [3.8, 4) is 16.9 Å². The first-order valence-corrected chi connectivity index (χ1v) is 15.1. The molecule has 226 valence electrons. The number of ether oxygens (including phenoxy) is 2. The molecule has 8 heteroatoms. The number of carbonyl (C=O) groups excluding carboxylic acids is 1. The van der Waals surface area contributed by atoms with Gasteiger partial charge < -0.3 is 14.0 Å².